The highest BCUT2D eigenvalue weighted by Crippen LogP contribution is 2.44. The molecule has 0 fully saturated rings. The molecule has 2 aliphatic rings. The van der Waals surface area contributed by atoms with Gasteiger partial charge in [-0.15, -0.1) is 0 Å². The quantitative estimate of drug-likeness (QED) is 0.158. The molecule has 0 saturated carbocycles. The molecule has 12 rings (SSSR count). The van der Waals surface area contributed by atoms with Crippen LogP contribution >= 0.6 is 0 Å². The van der Waals surface area contributed by atoms with E-state index in [9.17, 15) is 0 Å². The van der Waals surface area contributed by atoms with Crippen LogP contribution in [0.1, 0.15) is 36.0 Å². The van der Waals surface area contributed by atoms with Gasteiger partial charge in [0, 0.05) is 32.8 Å². The third-order valence-corrected chi connectivity index (χ3v) is 12.7. The maximum absolute atomic E-state index is 6.95. The zero-order chi connectivity index (χ0) is 40.3. The van der Waals surface area contributed by atoms with Crippen LogP contribution in [0, 0.1) is 0 Å². The summed E-state index contributed by atoms with van der Waals surface area (Å²) in [5, 5.41) is 4.60. The lowest BCUT2D eigenvalue weighted by atomic mass is 9.89. The average molecular weight is 781 g/mol. The Labute approximate surface area is 354 Å². The third kappa shape index (κ3) is 6.12. The van der Waals surface area contributed by atoms with Crippen molar-refractivity contribution >= 4 is 55.4 Å². The number of hydrogen-bond donors (Lipinski definition) is 0. The van der Waals surface area contributed by atoms with Crippen molar-refractivity contribution in [2.75, 3.05) is 0 Å². The smallest absolute Gasteiger partial charge is 0.143 e. The molecule has 0 unspecified atom stereocenters. The van der Waals surface area contributed by atoms with Gasteiger partial charge in [-0.05, 0) is 123 Å². The fourth-order valence-corrected chi connectivity index (χ4v) is 9.64. The molecule has 2 aliphatic carbocycles. The highest BCUT2D eigenvalue weighted by atomic mass is 16.3. The predicted molar refractivity (Wildman–Crippen MR) is 255 cm³/mol. The van der Waals surface area contributed by atoms with Gasteiger partial charge in [-0.3, -0.25) is 4.98 Å². The molecule has 2 aromatic heterocycles. The topological polar surface area (TPSA) is 38.9 Å². The number of nitrogens with zero attached hydrogens (tertiary/aromatic N) is 2. The Bertz CT molecular complexity index is 3470. The Kier molecular flexibility index (Phi) is 8.45. The molecule has 2 heterocycles. The van der Waals surface area contributed by atoms with Gasteiger partial charge in [0.2, 0.25) is 0 Å². The van der Waals surface area contributed by atoms with Crippen molar-refractivity contribution in [3.8, 4) is 55.8 Å². The standard InChI is InChI=1S/C58H40N2O/c1-3-15-37(16-4-1)39-19-13-21-41(31-39)43-29-30-55-51(33-43)53-35-44(42-22-14-20-40(32-42)38-17-5-2-6-18-38)34-52(58(53)61-55)47-25-7-10-26-48(47)54-36-59-56-49-27-11-8-23-45(49)46-24-9-12-28-50(46)57(56)60-54/h1-5,7-8,10-17,19-23,25-36H,6,9,18,24H2. The van der Waals surface area contributed by atoms with Gasteiger partial charge in [0.15, 0.2) is 0 Å². The first-order chi connectivity index (χ1) is 30.2. The number of hydrogen-bond acceptors (Lipinski definition) is 3. The van der Waals surface area contributed by atoms with E-state index in [4.69, 9.17) is 14.4 Å². The molecule has 288 valence electrons. The number of aromatic nitrogens is 2. The highest BCUT2D eigenvalue weighted by Gasteiger charge is 2.22. The second-order valence-electron chi connectivity index (χ2n) is 16.3. The van der Waals surface area contributed by atoms with Crippen molar-refractivity contribution in [2.45, 2.75) is 25.7 Å². The van der Waals surface area contributed by atoms with E-state index in [-0.39, 0.29) is 0 Å². The van der Waals surface area contributed by atoms with Gasteiger partial charge < -0.3 is 4.42 Å². The lowest BCUT2D eigenvalue weighted by Gasteiger charge is -2.18. The van der Waals surface area contributed by atoms with Crippen LogP contribution in [0.25, 0.3) is 111 Å². The first-order valence-corrected chi connectivity index (χ1v) is 21.3. The lowest BCUT2D eigenvalue weighted by Crippen LogP contribution is -2.01. The van der Waals surface area contributed by atoms with E-state index in [1.165, 1.54) is 49.9 Å². The van der Waals surface area contributed by atoms with Crippen molar-refractivity contribution in [1.82, 2.24) is 9.97 Å². The van der Waals surface area contributed by atoms with E-state index in [1.54, 1.807) is 0 Å². The van der Waals surface area contributed by atoms with Crippen LogP contribution < -0.4 is 0 Å². The second-order valence-corrected chi connectivity index (χ2v) is 16.3. The van der Waals surface area contributed by atoms with Crippen LogP contribution in [0.5, 0.6) is 0 Å². The van der Waals surface area contributed by atoms with Gasteiger partial charge in [0.05, 0.1) is 22.9 Å². The summed E-state index contributed by atoms with van der Waals surface area (Å²) in [5.74, 6) is 0. The van der Waals surface area contributed by atoms with Crippen LogP contribution in [0.2, 0.25) is 0 Å². The molecule has 0 radical (unpaired) electrons. The van der Waals surface area contributed by atoms with E-state index in [0.717, 1.165) is 97.6 Å². The van der Waals surface area contributed by atoms with Crippen LogP contribution in [-0.2, 0) is 6.42 Å². The minimum absolute atomic E-state index is 0.842. The summed E-state index contributed by atoms with van der Waals surface area (Å²) in [6.45, 7) is 0. The zero-order valence-electron chi connectivity index (χ0n) is 33.6. The minimum atomic E-state index is 0.842. The molecule has 0 bridgehead atoms. The summed E-state index contributed by atoms with van der Waals surface area (Å²) < 4.78 is 6.95. The zero-order valence-corrected chi connectivity index (χ0v) is 33.6. The van der Waals surface area contributed by atoms with Crippen molar-refractivity contribution < 1.29 is 4.42 Å². The Morgan fingerprint density at radius 2 is 1.15 bits per heavy atom. The van der Waals surface area contributed by atoms with Crippen molar-refractivity contribution in [2.24, 2.45) is 0 Å². The van der Waals surface area contributed by atoms with Gasteiger partial charge in [-0.2, -0.15) is 0 Å². The Hall–Kier alpha value is -7.62. The van der Waals surface area contributed by atoms with E-state index in [0.29, 0.717) is 0 Å². The minimum Gasteiger partial charge on any atom is -0.455 e. The number of aryl methyl sites for hydroxylation is 1. The highest BCUT2D eigenvalue weighted by molar-refractivity contribution is 6.14. The van der Waals surface area contributed by atoms with Crippen LogP contribution in [-0.4, -0.2) is 9.97 Å². The van der Waals surface area contributed by atoms with Crippen LogP contribution in [0.4, 0.5) is 0 Å². The number of fused-ring (bicyclic) bond motifs is 9. The molecule has 0 N–H and O–H groups in total. The van der Waals surface area contributed by atoms with Gasteiger partial charge in [0.1, 0.15) is 11.2 Å². The summed E-state index contributed by atoms with van der Waals surface area (Å²) >= 11 is 0. The number of furan rings is 1. The van der Waals surface area contributed by atoms with E-state index < -0.39 is 0 Å². The largest absolute Gasteiger partial charge is 0.455 e. The number of benzene rings is 8. The maximum Gasteiger partial charge on any atom is 0.143 e. The summed E-state index contributed by atoms with van der Waals surface area (Å²) in [4.78, 5) is 10.7. The Morgan fingerprint density at radius 1 is 0.459 bits per heavy atom. The predicted octanol–water partition coefficient (Wildman–Crippen LogP) is 15.7. The molecule has 0 saturated heterocycles. The fraction of sp³-hybridized carbons (Fsp3) is 0.0690. The Morgan fingerprint density at radius 3 is 2.00 bits per heavy atom. The summed E-state index contributed by atoms with van der Waals surface area (Å²) in [6.07, 6.45) is 17.3. The van der Waals surface area contributed by atoms with E-state index >= 15 is 0 Å². The van der Waals surface area contributed by atoms with Crippen LogP contribution in [0.3, 0.4) is 0 Å². The molecule has 0 amide bonds. The molecular weight excluding hydrogens is 741 g/mol. The third-order valence-electron chi connectivity index (χ3n) is 12.7. The molecule has 0 spiro atoms. The van der Waals surface area contributed by atoms with E-state index in [2.05, 4.69) is 188 Å². The van der Waals surface area contributed by atoms with Crippen molar-refractivity contribution in [3.63, 3.8) is 0 Å². The monoisotopic (exact) mass is 780 g/mol. The maximum atomic E-state index is 6.95. The second kappa shape index (κ2) is 14.6. The summed E-state index contributed by atoms with van der Waals surface area (Å²) in [6, 6.07) is 56.9. The number of allylic oxidation sites excluding steroid dienone is 5. The first kappa shape index (κ1) is 35.3. The molecule has 0 atom stereocenters. The molecule has 0 aliphatic heterocycles. The van der Waals surface area contributed by atoms with Gasteiger partial charge in [-0.25, -0.2) is 4.98 Å². The van der Waals surface area contributed by atoms with Crippen molar-refractivity contribution in [1.29, 1.82) is 0 Å². The normalized spacial score (nSPS) is 13.6. The Balaban J connectivity index is 1.07. The molecule has 61 heavy (non-hydrogen) atoms. The number of rotatable bonds is 6. The average Bonchev–Trinajstić information content (AvgIpc) is 3.72. The van der Waals surface area contributed by atoms with Gasteiger partial charge in [-0.1, -0.05) is 152 Å². The van der Waals surface area contributed by atoms with Gasteiger partial charge >= 0.3 is 0 Å². The molecule has 3 heteroatoms. The molecule has 10 aromatic rings. The van der Waals surface area contributed by atoms with Gasteiger partial charge in [0.25, 0.3) is 0 Å². The fourth-order valence-electron chi connectivity index (χ4n) is 9.64. The first-order valence-electron chi connectivity index (χ1n) is 21.3. The molecule has 3 nitrogen and oxygen atoms in total. The van der Waals surface area contributed by atoms with Crippen LogP contribution in [0.15, 0.2) is 193 Å². The summed E-state index contributed by atoms with van der Waals surface area (Å²) in [7, 11) is 0. The van der Waals surface area contributed by atoms with E-state index in [1.807, 2.05) is 6.20 Å². The molecular formula is C58H40N2O. The summed E-state index contributed by atoms with van der Waals surface area (Å²) in [5.41, 5.74) is 19.7. The molecule has 8 aromatic carbocycles. The van der Waals surface area contributed by atoms with Crippen molar-refractivity contribution in [3.05, 3.63) is 205 Å². The lowest BCUT2D eigenvalue weighted by molar-refractivity contribution is 0.670. The SMILES string of the molecule is C1=CCCC(c2cccc(-c3cc(-c4ccccc4-c4cnc5c(n4)c4c(c6ccccc65)CCC=C4)c4oc5ccc(-c6cccc(-c7ccccc7)c6)cc5c4c3)c2)=C1.